The molecule has 8 heteroatoms. The maximum atomic E-state index is 12.5. The molecule has 1 aromatic carbocycles. The molecule has 2 aliphatic rings. The number of rotatable bonds is 2. The van der Waals surface area contributed by atoms with Gasteiger partial charge in [0.2, 0.25) is 0 Å². The van der Waals surface area contributed by atoms with E-state index in [1.54, 1.807) is 6.08 Å². The average molecular weight is 418 g/mol. The SMILES string of the molecule is O=C1/C(=C\c2cccc(Br)c2)SC(=S)N1[C@@H]1CCS(=O)(=O)C1. The Labute approximate surface area is 147 Å². The summed E-state index contributed by atoms with van der Waals surface area (Å²) in [5, 5.41) is 0. The smallest absolute Gasteiger partial charge is 0.266 e. The first kappa shape index (κ1) is 16.2. The molecule has 3 rings (SSSR count). The zero-order valence-corrected chi connectivity index (χ0v) is 15.4. The maximum Gasteiger partial charge on any atom is 0.266 e. The molecule has 0 bridgehead atoms. The van der Waals surface area contributed by atoms with E-state index in [4.69, 9.17) is 12.2 Å². The fourth-order valence-electron chi connectivity index (χ4n) is 2.52. The number of carbonyl (C=O) groups excluding carboxylic acids is 1. The number of amides is 1. The Hall–Kier alpha value is -0.700. The lowest BCUT2D eigenvalue weighted by atomic mass is 10.2. The molecule has 0 unspecified atom stereocenters. The Kier molecular flexibility index (Phi) is 4.46. The van der Waals surface area contributed by atoms with Crippen molar-refractivity contribution in [1.29, 1.82) is 0 Å². The van der Waals surface area contributed by atoms with E-state index < -0.39 is 9.84 Å². The average Bonchev–Trinajstić information content (AvgIpc) is 2.90. The maximum absolute atomic E-state index is 12.5. The summed E-state index contributed by atoms with van der Waals surface area (Å²) in [7, 11) is -3.05. The van der Waals surface area contributed by atoms with Gasteiger partial charge in [-0.2, -0.15) is 0 Å². The summed E-state index contributed by atoms with van der Waals surface area (Å²) in [5.74, 6) is -0.0692. The van der Waals surface area contributed by atoms with Crippen molar-refractivity contribution in [3.8, 4) is 0 Å². The van der Waals surface area contributed by atoms with Crippen molar-refractivity contribution >= 4 is 66.1 Å². The van der Waals surface area contributed by atoms with Gasteiger partial charge in [0.05, 0.1) is 22.5 Å². The second-order valence-corrected chi connectivity index (χ2v) is 9.98. The number of thioether (sulfide) groups is 1. The van der Waals surface area contributed by atoms with Crippen molar-refractivity contribution in [2.45, 2.75) is 12.5 Å². The van der Waals surface area contributed by atoms with Crippen molar-refractivity contribution in [2.75, 3.05) is 11.5 Å². The molecule has 0 aliphatic carbocycles. The largest absolute Gasteiger partial charge is 0.289 e. The summed E-state index contributed by atoms with van der Waals surface area (Å²) in [6.07, 6.45) is 2.24. The van der Waals surface area contributed by atoms with Gasteiger partial charge < -0.3 is 0 Å². The molecular weight excluding hydrogens is 406 g/mol. The van der Waals surface area contributed by atoms with E-state index in [1.807, 2.05) is 24.3 Å². The lowest BCUT2D eigenvalue weighted by Crippen LogP contribution is -2.39. The normalized spacial score (nSPS) is 26.1. The van der Waals surface area contributed by atoms with Gasteiger partial charge in [-0.25, -0.2) is 8.42 Å². The van der Waals surface area contributed by atoms with Crippen LogP contribution in [0.1, 0.15) is 12.0 Å². The highest BCUT2D eigenvalue weighted by atomic mass is 79.9. The molecule has 0 spiro atoms. The molecule has 0 N–H and O–H groups in total. The van der Waals surface area contributed by atoms with Crippen molar-refractivity contribution in [2.24, 2.45) is 0 Å². The summed E-state index contributed by atoms with van der Waals surface area (Å²) in [5.41, 5.74) is 0.897. The number of carbonyl (C=O) groups is 1. The number of halogens is 1. The quantitative estimate of drug-likeness (QED) is 0.546. The molecule has 0 saturated carbocycles. The van der Waals surface area contributed by atoms with Crippen LogP contribution in [0.2, 0.25) is 0 Å². The molecule has 0 aromatic heterocycles. The summed E-state index contributed by atoms with van der Waals surface area (Å²) in [6, 6.07) is 7.28. The third-order valence-electron chi connectivity index (χ3n) is 3.54. The van der Waals surface area contributed by atoms with Crippen molar-refractivity contribution in [3.63, 3.8) is 0 Å². The molecule has 2 saturated heterocycles. The number of benzene rings is 1. The molecule has 1 aromatic rings. The first-order valence-corrected chi connectivity index (χ1v) is 10.4. The molecule has 4 nitrogen and oxygen atoms in total. The zero-order chi connectivity index (χ0) is 15.9. The third-order valence-corrected chi connectivity index (χ3v) is 7.12. The van der Waals surface area contributed by atoms with Gasteiger partial charge in [-0.15, -0.1) is 0 Å². The Morgan fingerprint density at radius 2 is 2.18 bits per heavy atom. The lowest BCUT2D eigenvalue weighted by Gasteiger charge is -2.20. The summed E-state index contributed by atoms with van der Waals surface area (Å²) < 4.78 is 24.6. The van der Waals surface area contributed by atoms with Gasteiger partial charge in [-0.1, -0.05) is 52.0 Å². The van der Waals surface area contributed by atoms with Crippen LogP contribution in [0, 0.1) is 0 Å². The zero-order valence-electron chi connectivity index (χ0n) is 11.4. The summed E-state index contributed by atoms with van der Waals surface area (Å²) in [4.78, 5) is 14.5. The van der Waals surface area contributed by atoms with E-state index in [1.165, 1.54) is 16.7 Å². The molecule has 2 aliphatic heterocycles. The number of hydrogen-bond acceptors (Lipinski definition) is 5. The first-order valence-electron chi connectivity index (χ1n) is 6.59. The van der Waals surface area contributed by atoms with Crippen LogP contribution in [0.15, 0.2) is 33.6 Å². The molecule has 2 fully saturated rings. The van der Waals surface area contributed by atoms with Crippen LogP contribution in [-0.2, 0) is 14.6 Å². The monoisotopic (exact) mass is 417 g/mol. The Balaban J connectivity index is 1.86. The summed E-state index contributed by atoms with van der Waals surface area (Å²) >= 11 is 9.89. The van der Waals surface area contributed by atoms with E-state index in [0.29, 0.717) is 15.6 Å². The van der Waals surface area contributed by atoms with Gasteiger partial charge in [0.15, 0.2) is 9.84 Å². The van der Waals surface area contributed by atoms with Crippen molar-refractivity contribution in [1.82, 2.24) is 4.90 Å². The predicted octanol–water partition coefficient (Wildman–Crippen LogP) is 2.84. The van der Waals surface area contributed by atoms with Crippen LogP contribution in [0.25, 0.3) is 6.08 Å². The standard InChI is InChI=1S/C14H12BrNO3S3/c15-10-3-1-2-9(6-10)7-12-13(17)16(14(20)21-12)11-4-5-22(18,19)8-11/h1-3,6-7,11H,4-5,8H2/b12-7+/t11-/m1/s1. The highest BCUT2D eigenvalue weighted by Crippen LogP contribution is 2.36. The topological polar surface area (TPSA) is 54.5 Å². The second-order valence-electron chi connectivity index (χ2n) is 5.16. The Morgan fingerprint density at radius 1 is 1.41 bits per heavy atom. The molecule has 1 atom stereocenters. The molecule has 0 radical (unpaired) electrons. The fourth-order valence-corrected chi connectivity index (χ4v) is 6.04. The lowest BCUT2D eigenvalue weighted by molar-refractivity contribution is -0.123. The van der Waals surface area contributed by atoms with Gasteiger partial charge >= 0.3 is 0 Å². The number of sulfone groups is 1. The number of hydrogen-bond donors (Lipinski definition) is 0. The third kappa shape index (κ3) is 3.29. The van der Waals surface area contributed by atoms with Crippen LogP contribution < -0.4 is 0 Å². The van der Waals surface area contributed by atoms with Crippen molar-refractivity contribution in [3.05, 3.63) is 39.2 Å². The van der Waals surface area contributed by atoms with Crippen LogP contribution in [-0.4, -0.2) is 41.1 Å². The van der Waals surface area contributed by atoms with E-state index >= 15 is 0 Å². The van der Waals surface area contributed by atoms with E-state index in [0.717, 1.165) is 10.0 Å². The molecule has 116 valence electrons. The molecule has 1 amide bonds. The predicted molar refractivity (Wildman–Crippen MR) is 96.2 cm³/mol. The van der Waals surface area contributed by atoms with E-state index in [2.05, 4.69) is 15.9 Å². The molecule has 22 heavy (non-hydrogen) atoms. The van der Waals surface area contributed by atoms with Crippen LogP contribution in [0.3, 0.4) is 0 Å². The molecule has 2 heterocycles. The first-order chi connectivity index (χ1) is 10.4. The fraction of sp³-hybridized carbons (Fsp3) is 0.286. The minimum atomic E-state index is -3.05. The van der Waals surface area contributed by atoms with E-state index in [-0.39, 0.29) is 23.5 Å². The Morgan fingerprint density at radius 3 is 2.82 bits per heavy atom. The minimum Gasteiger partial charge on any atom is -0.289 e. The highest BCUT2D eigenvalue weighted by Gasteiger charge is 2.42. The highest BCUT2D eigenvalue weighted by molar-refractivity contribution is 9.10. The minimum absolute atomic E-state index is 0.00358. The van der Waals surface area contributed by atoms with Crippen molar-refractivity contribution < 1.29 is 13.2 Å². The van der Waals surface area contributed by atoms with E-state index in [9.17, 15) is 13.2 Å². The number of thiocarbonyl (C=S) groups is 1. The van der Waals surface area contributed by atoms with Crippen LogP contribution in [0.5, 0.6) is 0 Å². The number of nitrogens with zero attached hydrogens (tertiary/aromatic N) is 1. The Bertz CT molecular complexity index is 788. The molecular formula is C14H12BrNO3S3. The van der Waals surface area contributed by atoms with Gasteiger partial charge in [0.25, 0.3) is 5.91 Å². The van der Waals surface area contributed by atoms with Gasteiger partial charge in [0, 0.05) is 4.47 Å². The van der Waals surface area contributed by atoms with Crippen LogP contribution in [0.4, 0.5) is 0 Å². The summed E-state index contributed by atoms with van der Waals surface area (Å²) in [6.45, 7) is 0. The van der Waals surface area contributed by atoms with Gasteiger partial charge in [-0.3, -0.25) is 9.69 Å². The second kappa shape index (κ2) is 6.07. The van der Waals surface area contributed by atoms with Crippen LogP contribution >= 0.6 is 39.9 Å². The van der Waals surface area contributed by atoms with Gasteiger partial charge in [0.1, 0.15) is 4.32 Å². The van der Waals surface area contributed by atoms with Gasteiger partial charge in [-0.05, 0) is 30.2 Å².